The van der Waals surface area contributed by atoms with E-state index >= 15 is 0 Å². The molecule has 5 heteroatoms. The van der Waals surface area contributed by atoms with Gasteiger partial charge in [-0.05, 0) is 83.2 Å². The smallest absolute Gasteiger partial charge is 0.159 e. The lowest BCUT2D eigenvalue weighted by atomic mass is 9.83. The lowest BCUT2D eigenvalue weighted by Crippen LogP contribution is -2.40. The molecule has 0 fully saturated rings. The van der Waals surface area contributed by atoms with Gasteiger partial charge in [0.15, 0.2) is 5.84 Å². The van der Waals surface area contributed by atoms with Crippen molar-refractivity contribution in [2.75, 3.05) is 0 Å². The van der Waals surface area contributed by atoms with Crippen LogP contribution in [0.1, 0.15) is 78.0 Å². The van der Waals surface area contributed by atoms with E-state index in [4.69, 9.17) is 14.4 Å². The Labute approximate surface area is 362 Å². The highest BCUT2D eigenvalue weighted by Crippen LogP contribution is 2.43. The zero-order chi connectivity index (χ0) is 41.4. The largest absolute Gasteiger partial charge is 0.455 e. The molecule has 2 N–H and O–H groups in total. The Balaban J connectivity index is 1.00. The molecule has 0 saturated carbocycles. The van der Waals surface area contributed by atoms with Crippen molar-refractivity contribution in [3.63, 3.8) is 0 Å². The van der Waals surface area contributed by atoms with E-state index in [-0.39, 0.29) is 6.17 Å². The van der Waals surface area contributed by atoms with Gasteiger partial charge in [0.2, 0.25) is 0 Å². The van der Waals surface area contributed by atoms with Gasteiger partial charge in [0.25, 0.3) is 0 Å². The van der Waals surface area contributed by atoms with Crippen molar-refractivity contribution in [1.82, 2.24) is 10.6 Å². The first-order valence-corrected chi connectivity index (χ1v) is 21.9. The van der Waals surface area contributed by atoms with Gasteiger partial charge in [0, 0.05) is 38.6 Å². The molecule has 0 bridgehead atoms. The molecule has 2 aliphatic heterocycles. The second-order valence-corrected chi connectivity index (χ2v) is 16.3. The van der Waals surface area contributed by atoms with Crippen molar-refractivity contribution in [2.24, 2.45) is 9.98 Å². The number of hydrogen-bond acceptors (Lipinski definition) is 5. The van der Waals surface area contributed by atoms with E-state index < -0.39 is 0 Å². The Kier molecular flexibility index (Phi) is 9.78. The summed E-state index contributed by atoms with van der Waals surface area (Å²) in [6.07, 6.45) is 7.57. The number of allylic oxidation sites excluding steroid dienone is 2. The van der Waals surface area contributed by atoms with Crippen LogP contribution in [-0.2, 0) is 0 Å². The van der Waals surface area contributed by atoms with Gasteiger partial charge in [-0.15, -0.1) is 0 Å². The summed E-state index contributed by atoms with van der Waals surface area (Å²) in [4.78, 5) is 10.6. The molecule has 3 heterocycles. The zero-order valence-electron chi connectivity index (χ0n) is 34.7. The summed E-state index contributed by atoms with van der Waals surface area (Å²) >= 11 is 0. The standard InChI is InChI=1S/C57H46N4O/c1-2-44(37-18-6-3-7-19-37)53-48-28-13-12-27-47(48)51(52(58-53)39-20-8-4-9-21-39)38-32-34-41(35-33-38)56-59-55(40-22-10-5-11-23-40)60-57(61-56)43-25-16-24-42(36-43)45-29-17-30-49-46-26-14-15-31-50(46)62-54(45)49/h3-4,6-9,12-22,24-36,55,58H,2,5,10-11,23H2,1H3,(H,59,60,61)/b53-44+. The lowest BCUT2D eigenvalue weighted by molar-refractivity contribution is 0.612. The minimum Gasteiger partial charge on any atom is -0.455 e. The molecule has 7 aromatic carbocycles. The molecule has 0 radical (unpaired) electrons. The maximum absolute atomic E-state index is 6.46. The average Bonchev–Trinajstić information content (AvgIpc) is 3.74. The quantitative estimate of drug-likeness (QED) is 0.150. The molecule has 8 aromatic rings. The van der Waals surface area contributed by atoms with Crippen LogP contribution in [0.25, 0.3) is 55.6 Å². The number of benzene rings is 7. The molecule has 1 aromatic heterocycles. The van der Waals surface area contributed by atoms with Crippen molar-refractivity contribution in [3.05, 3.63) is 227 Å². The second-order valence-electron chi connectivity index (χ2n) is 16.3. The lowest BCUT2D eigenvalue weighted by Gasteiger charge is -2.30. The predicted octanol–water partition coefficient (Wildman–Crippen LogP) is 13.7. The molecule has 0 spiro atoms. The fourth-order valence-electron chi connectivity index (χ4n) is 9.45. The van der Waals surface area contributed by atoms with Crippen molar-refractivity contribution < 1.29 is 4.42 Å². The highest BCUT2D eigenvalue weighted by atomic mass is 16.3. The van der Waals surface area contributed by atoms with E-state index in [1.807, 2.05) is 12.1 Å². The first-order chi connectivity index (χ1) is 30.7. The summed E-state index contributed by atoms with van der Waals surface area (Å²) in [6, 6.07) is 62.4. The van der Waals surface area contributed by atoms with Crippen LogP contribution in [0.4, 0.5) is 0 Å². The van der Waals surface area contributed by atoms with Gasteiger partial charge in [-0.2, -0.15) is 0 Å². The van der Waals surface area contributed by atoms with E-state index in [2.05, 4.69) is 187 Å². The minimum atomic E-state index is -0.190. The molecule has 1 aliphatic carbocycles. The Bertz CT molecular complexity index is 3150. The van der Waals surface area contributed by atoms with Gasteiger partial charge in [0.05, 0.1) is 11.4 Å². The van der Waals surface area contributed by atoms with Gasteiger partial charge in [0.1, 0.15) is 23.2 Å². The van der Waals surface area contributed by atoms with E-state index in [0.717, 1.165) is 97.6 Å². The maximum atomic E-state index is 6.46. The Morgan fingerprint density at radius 2 is 1.29 bits per heavy atom. The Hall–Kier alpha value is -7.50. The topological polar surface area (TPSA) is 61.9 Å². The third-order valence-corrected chi connectivity index (χ3v) is 12.5. The predicted molar refractivity (Wildman–Crippen MR) is 258 cm³/mol. The zero-order valence-corrected chi connectivity index (χ0v) is 34.7. The molecule has 5 nitrogen and oxygen atoms in total. The van der Waals surface area contributed by atoms with E-state index in [9.17, 15) is 0 Å². The summed E-state index contributed by atoms with van der Waals surface area (Å²) in [7, 11) is 0. The summed E-state index contributed by atoms with van der Waals surface area (Å²) in [6.45, 7) is 2.24. The van der Waals surface area contributed by atoms with Crippen LogP contribution >= 0.6 is 0 Å². The second kappa shape index (κ2) is 16.2. The molecule has 300 valence electrons. The SMILES string of the molecule is CC/C(=C1\NC(c2ccccc2)=C(c2ccc(C3=NC(C4=CCCCC4)NC(c4cccc(-c5cccc6c5oc5ccccc56)c4)=N3)cc2)c2ccccc21)c1ccccc1. The van der Waals surface area contributed by atoms with Crippen molar-refractivity contribution in [3.8, 4) is 11.1 Å². The van der Waals surface area contributed by atoms with E-state index in [0.29, 0.717) is 0 Å². The number of furan rings is 1. The normalized spacial score (nSPS) is 17.1. The van der Waals surface area contributed by atoms with Gasteiger partial charge < -0.3 is 15.1 Å². The van der Waals surface area contributed by atoms with Crippen molar-refractivity contribution in [2.45, 2.75) is 45.2 Å². The molecular formula is C57H46N4O. The fourth-order valence-corrected chi connectivity index (χ4v) is 9.45. The first kappa shape index (κ1) is 37.5. The number of aliphatic imine (C=N–C) groups is 2. The minimum absolute atomic E-state index is 0.190. The number of hydrogen-bond donors (Lipinski definition) is 2. The third kappa shape index (κ3) is 6.86. The molecular weight excluding hydrogens is 757 g/mol. The molecule has 0 amide bonds. The summed E-state index contributed by atoms with van der Waals surface area (Å²) < 4.78 is 6.46. The number of para-hydroxylation sites is 2. The first-order valence-electron chi connectivity index (χ1n) is 21.9. The van der Waals surface area contributed by atoms with Crippen molar-refractivity contribution >= 4 is 56.2 Å². The monoisotopic (exact) mass is 802 g/mol. The molecule has 62 heavy (non-hydrogen) atoms. The summed E-state index contributed by atoms with van der Waals surface area (Å²) in [5, 5.41) is 9.99. The van der Waals surface area contributed by atoms with Gasteiger partial charge in [-0.25, -0.2) is 9.98 Å². The van der Waals surface area contributed by atoms with Crippen LogP contribution in [0.2, 0.25) is 0 Å². The van der Waals surface area contributed by atoms with Gasteiger partial charge >= 0.3 is 0 Å². The van der Waals surface area contributed by atoms with Crippen LogP contribution < -0.4 is 10.6 Å². The number of rotatable bonds is 8. The molecule has 11 rings (SSSR count). The van der Waals surface area contributed by atoms with Crippen LogP contribution in [0.5, 0.6) is 0 Å². The summed E-state index contributed by atoms with van der Waals surface area (Å²) in [5.41, 5.74) is 17.9. The molecule has 1 unspecified atom stereocenters. The Morgan fingerprint density at radius 3 is 2.10 bits per heavy atom. The van der Waals surface area contributed by atoms with Crippen LogP contribution in [0, 0.1) is 0 Å². The Morgan fingerprint density at radius 1 is 0.613 bits per heavy atom. The van der Waals surface area contributed by atoms with Crippen LogP contribution in [0.15, 0.2) is 202 Å². The molecule has 0 saturated heterocycles. The molecule has 3 aliphatic rings. The average molecular weight is 803 g/mol. The highest BCUT2D eigenvalue weighted by Gasteiger charge is 2.28. The van der Waals surface area contributed by atoms with E-state index in [1.54, 1.807) is 0 Å². The van der Waals surface area contributed by atoms with Crippen molar-refractivity contribution in [1.29, 1.82) is 0 Å². The number of amidine groups is 2. The third-order valence-electron chi connectivity index (χ3n) is 12.5. The number of nitrogens with zero attached hydrogens (tertiary/aromatic N) is 2. The van der Waals surface area contributed by atoms with Crippen LogP contribution in [0.3, 0.4) is 0 Å². The number of fused-ring (bicyclic) bond motifs is 4. The summed E-state index contributed by atoms with van der Waals surface area (Å²) in [5.74, 6) is 1.55. The van der Waals surface area contributed by atoms with Gasteiger partial charge in [-0.1, -0.05) is 177 Å². The molecule has 1 atom stereocenters. The van der Waals surface area contributed by atoms with E-state index in [1.165, 1.54) is 46.3 Å². The highest BCUT2D eigenvalue weighted by molar-refractivity contribution is 6.15. The number of nitrogens with one attached hydrogen (secondary N) is 2. The fraction of sp³-hybridized carbons (Fsp3) is 0.123. The van der Waals surface area contributed by atoms with Gasteiger partial charge in [-0.3, -0.25) is 0 Å². The van der Waals surface area contributed by atoms with Crippen LogP contribution in [-0.4, -0.2) is 17.8 Å². The maximum Gasteiger partial charge on any atom is 0.159 e.